The van der Waals surface area contributed by atoms with Crippen molar-refractivity contribution in [3.8, 4) is 0 Å². The molecule has 7 nitrogen and oxygen atoms in total. The van der Waals surface area contributed by atoms with E-state index >= 15 is 0 Å². The number of amides is 2. The van der Waals surface area contributed by atoms with E-state index in [1.807, 2.05) is 6.92 Å². The molecule has 7 heteroatoms. The SMILES string of the molecule is COC(=O)c1ccc([C@H](C)NC(=O)C2CCCN2C(=O)OC(C)(C)C)cc1. The Kier molecular flexibility index (Phi) is 6.46. The van der Waals surface area contributed by atoms with E-state index in [4.69, 9.17) is 4.74 Å². The van der Waals surface area contributed by atoms with Crippen molar-refractivity contribution in [2.45, 2.75) is 58.2 Å². The summed E-state index contributed by atoms with van der Waals surface area (Å²) in [6.07, 6.45) is 0.911. The van der Waals surface area contributed by atoms with E-state index in [1.54, 1.807) is 45.0 Å². The minimum atomic E-state index is -0.602. The van der Waals surface area contributed by atoms with E-state index in [-0.39, 0.29) is 11.9 Å². The van der Waals surface area contributed by atoms with Crippen LogP contribution in [-0.4, -0.2) is 48.2 Å². The van der Waals surface area contributed by atoms with Gasteiger partial charge in [-0.15, -0.1) is 0 Å². The van der Waals surface area contributed by atoms with Gasteiger partial charge in [0.25, 0.3) is 0 Å². The van der Waals surface area contributed by atoms with Crippen molar-refractivity contribution in [1.82, 2.24) is 10.2 Å². The smallest absolute Gasteiger partial charge is 0.410 e. The minimum Gasteiger partial charge on any atom is -0.465 e. The molecular formula is C20H28N2O5. The molecule has 1 aliphatic heterocycles. The van der Waals surface area contributed by atoms with Gasteiger partial charge in [-0.3, -0.25) is 9.69 Å². The van der Waals surface area contributed by atoms with Gasteiger partial charge in [-0.1, -0.05) is 12.1 Å². The van der Waals surface area contributed by atoms with Gasteiger partial charge in [-0.05, 0) is 58.2 Å². The maximum absolute atomic E-state index is 12.7. The van der Waals surface area contributed by atoms with Gasteiger partial charge >= 0.3 is 12.1 Å². The average molecular weight is 376 g/mol. The summed E-state index contributed by atoms with van der Waals surface area (Å²) in [6, 6.07) is 6.08. The first-order chi connectivity index (χ1) is 12.6. The molecule has 0 spiro atoms. The molecular weight excluding hydrogens is 348 g/mol. The van der Waals surface area contributed by atoms with E-state index < -0.39 is 23.7 Å². The number of nitrogens with zero attached hydrogens (tertiary/aromatic N) is 1. The Hall–Kier alpha value is -2.57. The van der Waals surface area contributed by atoms with Crippen LogP contribution < -0.4 is 5.32 Å². The van der Waals surface area contributed by atoms with Crippen molar-refractivity contribution >= 4 is 18.0 Å². The number of benzene rings is 1. The first kappa shape index (κ1) is 20.7. The molecule has 1 aromatic carbocycles. The number of carbonyl (C=O) groups is 3. The number of hydrogen-bond acceptors (Lipinski definition) is 5. The molecule has 0 aromatic heterocycles. The van der Waals surface area contributed by atoms with E-state index in [0.29, 0.717) is 18.5 Å². The molecule has 0 saturated carbocycles. The third-order valence-corrected chi connectivity index (χ3v) is 4.37. The highest BCUT2D eigenvalue weighted by atomic mass is 16.6. The zero-order valence-electron chi connectivity index (χ0n) is 16.6. The highest BCUT2D eigenvalue weighted by Gasteiger charge is 2.37. The van der Waals surface area contributed by atoms with E-state index in [2.05, 4.69) is 10.1 Å². The van der Waals surface area contributed by atoms with Gasteiger partial charge in [-0.2, -0.15) is 0 Å². The summed E-state index contributed by atoms with van der Waals surface area (Å²) in [7, 11) is 1.33. The van der Waals surface area contributed by atoms with Crippen LogP contribution >= 0.6 is 0 Å². The van der Waals surface area contributed by atoms with Crippen LogP contribution in [0.25, 0.3) is 0 Å². The van der Waals surface area contributed by atoms with Crippen LogP contribution in [0.2, 0.25) is 0 Å². The molecule has 2 rings (SSSR count). The molecule has 1 unspecified atom stereocenters. The molecule has 0 bridgehead atoms. The van der Waals surface area contributed by atoms with Gasteiger partial charge in [0.15, 0.2) is 0 Å². The maximum atomic E-state index is 12.7. The predicted octanol–water partition coefficient (Wildman–Crippen LogP) is 3.05. The highest BCUT2D eigenvalue weighted by molar-refractivity contribution is 5.89. The summed E-state index contributed by atoms with van der Waals surface area (Å²) in [6.45, 7) is 7.77. The fraction of sp³-hybridized carbons (Fsp3) is 0.550. The lowest BCUT2D eigenvalue weighted by atomic mass is 10.1. The van der Waals surface area contributed by atoms with Crippen molar-refractivity contribution in [3.63, 3.8) is 0 Å². The van der Waals surface area contributed by atoms with Crippen molar-refractivity contribution in [1.29, 1.82) is 0 Å². The second kappa shape index (κ2) is 8.41. The number of rotatable bonds is 4. The maximum Gasteiger partial charge on any atom is 0.410 e. The Morgan fingerprint density at radius 3 is 2.37 bits per heavy atom. The number of likely N-dealkylation sites (tertiary alicyclic amines) is 1. The quantitative estimate of drug-likeness (QED) is 0.817. The lowest BCUT2D eigenvalue weighted by molar-refractivity contribution is -0.126. The van der Waals surface area contributed by atoms with Gasteiger partial charge in [0.2, 0.25) is 5.91 Å². The molecule has 27 heavy (non-hydrogen) atoms. The Morgan fingerprint density at radius 2 is 1.81 bits per heavy atom. The minimum absolute atomic E-state index is 0.206. The molecule has 148 valence electrons. The van der Waals surface area contributed by atoms with Crippen LogP contribution in [0.4, 0.5) is 4.79 Å². The summed E-state index contributed by atoms with van der Waals surface area (Å²) in [4.78, 5) is 38.0. The fourth-order valence-corrected chi connectivity index (χ4v) is 3.00. The highest BCUT2D eigenvalue weighted by Crippen LogP contribution is 2.22. The molecule has 1 aromatic rings. The largest absolute Gasteiger partial charge is 0.465 e. The Balaban J connectivity index is 2.00. The van der Waals surface area contributed by atoms with Gasteiger partial charge in [0, 0.05) is 6.54 Å². The van der Waals surface area contributed by atoms with E-state index in [0.717, 1.165) is 12.0 Å². The van der Waals surface area contributed by atoms with Crippen LogP contribution in [0.1, 0.15) is 62.5 Å². The summed E-state index contributed by atoms with van der Waals surface area (Å²) in [5.74, 6) is -0.611. The van der Waals surface area contributed by atoms with E-state index in [1.165, 1.54) is 12.0 Å². The Morgan fingerprint density at radius 1 is 1.19 bits per heavy atom. The molecule has 1 fully saturated rings. The Bertz CT molecular complexity index is 693. The van der Waals surface area contributed by atoms with Crippen LogP contribution in [-0.2, 0) is 14.3 Å². The van der Waals surface area contributed by atoms with Crippen LogP contribution in [0, 0.1) is 0 Å². The molecule has 0 radical (unpaired) electrons. The van der Waals surface area contributed by atoms with Gasteiger partial charge < -0.3 is 14.8 Å². The molecule has 1 aliphatic rings. The lowest BCUT2D eigenvalue weighted by Crippen LogP contribution is -2.48. The van der Waals surface area contributed by atoms with Crippen molar-refractivity contribution in [2.75, 3.05) is 13.7 Å². The van der Waals surface area contributed by atoms with Crippen LogP contribution in [0.3, 0.4) is 0 Å². The molecule has 0 aliphatic carbocycles. The zero-order valence-corrected chi connectivity index (χ0v) is 16.6. The number of ether oxygens (including phenoxy) is 2. The third-order valence-electron chi connectivity index (χ3n) is 4.37. The first-order valence-electron chi connectivity index (χ1n) is 9.10. The molecule has 2 amide bonds. The molecule has 1 N–H and O–H groups in total. The number of nitrogens with one attached hydrogen (secondary N) is 1. The number of hydrogen-bond donors (Lipinski definition) is 1. The Labute approximate surface area is 160 Å². The second-order valence-electron chi connectivity index (χ2n) is 7.68. The molecule has 2 atom stereocenters. The molecule has 1 heterocycles. The van der Waals surface area contributed by atoms with E-state index in [9.17, 15) is 14.4 Å². The normalized spacial score (nSPS) is 18.0. The van der Waals surface area contributed by atoms with Crippen molar-refractivity contribution < 1.29 is 23.9 Å². The summed E-state index contributed by atoms with van der Waals surface area (Å²) >= 11 is 0. The van der Waals surface area contributed by atoms with Crippen molar-refractivity contribution in [2.24, 2.45) is 0 Å². The second-order valence-corrected chi connectivity index (χ2v) is 7.68. The van der Waals surface area contributed by atoms with Crippen LogP contribution in [0.15, 0.2) is 24.3 Å². The number of methoxy groups -OCH3 is 1. The zero-order chi connectivity index (χ0) is 20.2. The average Bonchev–Trinajstić information content (AvgIpc) is 3.09. The first-order valence-corrected chi connectivity index (χ1v) is 9.10. The monoisotopic (exact) mass is 376 g/mol. The third kappa shape index (κ3) is 5.45. The van der Waals surface area contributed by atoms with Crippen molar-refractivity contribution in [3.05, 3.63) is 35.4 Å². The van der Waals surface area contributed by atoms with Gasteiger partial charge in [-0.25, -0.2) is 9.59 Å². The summed E-state index contributed by atoms with van der Waals surface area (Å²) in [5.41, 5.74) is 0.708. The lowest BCUT2D eigenvalue weighted by Gasteiger charge is -2.28. The molecule has 1 saturated heterocycles. The number of esters is 1. The summed E-state index contributed by atoms with van der Waals surface area (Å²) in [5, 5.41) is 2.94. The predicted molar refractivity (Wildman–Crippen MR) is 100 cm³/mol. The fourth-order valence-electron chi connectivity index (χ4n) is 3.00. The van der Waals surface area contributed by atoms with Gasteiger partial charge in [0.1, 0.15) is 11.6 Å². The number of carbonyl (C=O) groups excluding carboxylic acids is 3. The standard InChI is InChI=1S/C20H28N2O5/c1-13(14-8-10-15(11-9-14)18(24)26-5)21-17(23)16-7-6-12-22(16)19(25)27-20(2,3)4/h8-11,13,16H,6-7,12H2,1-5H3,(H,21,23)/t13-,16?/m0/s1. The summed E-state index contributed by atoms with van der Waals surface area (Å²) < 4.78 is 10.1. The van der Waals surface area contributed by atoms with Crippen LogP contribution in [0.5, 0.6) is 0 Å². The van der Waals surface area contributed by atoms with Gasteiger partial charge in [0.05, 0.1) is 18.7 Å². The topological polar surface area (TPSA) is 84.9 Å².